The standard InChI is InChI=1S/C21H24FN3O5S2/c1-14(31-18-6-3-16(4-7-18)23-15(2)26)21(27)24-17-5-8-19(22)20(13-17)32(28,29)25-9-11-30-12-10-25/h3-8,13-14H,9-12H2,1-2H3,(H,23,26)(H,24,27). The van der Waals surface area contributed by atoms with Gasteiger partial charge in [-0.05, 0) is 49.4 Å². The molecule has 172 valence electrons. The Morgan fingerprint density at radius 1 is 1.06 bits per heavy atom. The molecule has 11 heteroatoms. The second-order valence-electron chi connectivity index (χ2n) is 7.12. The van der Waals surface area contributed by atoms with Crippen LogP contribution in [-0.4, -0.2) is 56.1 Å². The molecule has 0 bridgehead atoms. The first-order valence-corrected chi connectivity index (χ1v) is 12.2. The number of amides is 2. The molecule has 2 aromatic rings. The topological polar surface area (TPSA) is 105 Å². The summed E-state index contributed by atoms with van der Waals surface area (Å²) in [6, 6.07) is 10.5. The van der Waals surface area contributed by atoms with Crippen molar-refractivity contribution in [2.45, 2.75) is 28.9 Å². The van der Waals surface area contributed by atoms with E-state index in [1.165, 1.54) is 29.1 Å². The summed E-state index contributed by atoms with van der Waals surface area (Å²) in [6.07, 6.45) is 0. The van der Waals surface area contributed by atoms with E-state index in [4.69, 9.17) is 4.74 Å². The van der Waals surface area contributed by atoms with Crippen molar-refractivity contribution >= 4 is 45.0 Å². The van der Waals surface area contributed by atoms with Gasteiger partial charge in [0, 0.05) is 36.3 Å². The minimum Gasteiger partial charge on any atom is -0.379 e. The van der Waals surface area contributed by atoms with Crippen molar-refractivity contribution in [1.29, 1.82) is 0 Å². The van der Waals surface area contributed by atoms with Crippen LogP contribution in [0, 0.1) is 5.82 Å². The highest BCUT2D eigenvalue weighted by Crippen LogP contribution is 2.27. The number of rotatable bonds is 7. The minimum absolute atomic E-state index is 0.146. The lowest BCUT2D eigenvalue weighted by Gasteiger charge is -2.26. The number of carbonyl (C=O) groups excluding carboxylic acids is 2. The van der Waals surface area contributed by atoms with E-state index in [0.717, 1.165) is 17.0 Å². The maximum Gasteiger partial charge on any atom is 0.246 e. The van der Waals surface area contributed by atoms with Gasteiger partial charge in [0.25, 0.3) is 0 Å². The Morgan fingerprint density at radius 3 is 2.31 bits per heavy atom. The number of sulfonamides is 1. The van der Waals surface area contributed by atoms with Gasteiger partial charge < -0.3 is 15.4 Å². The van der Waals surface area contributed by atoms with Crippen LogP contribution in [0.5, 0.6) is 0 Å². The van der Waals surface area contributed by atoms with Gasteiger partial charge in [0.1, 0.15) is 10.7 Å². The largest absolute Gasteiger partial charge is 0.379 e. The van der Waals surface area contributed by atoms with E-state index in [2.05, 4.69) is 10.6 Å². The average molecular weight is 482 g/mol. The molecule has 0 saturated carbocycles. The Morgan fingerprint density at radius 2 is 1.69 bits per heavy atom. The summed E-state index contributed by atoms with van der Waals surface area (Å²) < 4.78 is 46.3. The van der Waals surface area contributed by atoms with E-state index in [-0.39, 0.29) is 43.8 Å². The van der Waals surface area contributed by atoms with Gasteiger partial charge >= 0.3 is 0 Å². The predicted octanol–water partition coefficient (Wildman–Crippen LogP) is 2.92. The summed E-state index contributed by atoms with van der Waals surface area (Å²) in [5.74, 6) is -1.41. The third-order valence-corrected chi connectivity index (χ3v) is 7.67. The predicted molar refractivity (Wildman–Crippen MR) is 121 cm³/mol. The molecule has 1 heterocycles. The van der Waals surface area contributed by atoms with Crippen LogP contribution in [0.1, 0.15) is 13.8 Å². The summed E-state index contributed by atoms with van der Waals surface area (Å²) in [5, 5.41) is 4.81. The number of nitrogens with zero attached hydrogens (tertiary/aromatic N) is 1. The number of thioether (sulfide) groups is 1. The fraction of sp³-hybridized carbons (Fsp3) is 0.333. The fourth-order valence-electron chi connectivity index (χ4n) is 3.03. The lowest BCUT2D eigenvalue weighted by molar-refractivity contribution is -0.115. The molecule has 0 spiro atoms. The highest BCUT2D eigenvalue weighted by atomic mass is 32.2. The Balaban J connectivity index is 1.68. The van der Waals surface area contributed by atoms with Gasteiger partial charge in [-0.25, -0.2) is 12.8 Å². The van der Waals surface area contributed by atoms with Crippen molar-refractivity contribution in [2.75, 3.05) is 36.9 Å². The Hall–Kier alpha value is -2.47. The summed E-state index contributed by atoms with van der Waals surface area (Å²) >= 11 is 1.29. The van der Waals surface area contributed by atoms with E-state index >= 15 is 0 Å². The Kier molecular flexibility index (Phi) is 7.88. The molecular formula is C21H24FN3O5S2. The summed E-state index contributed by atoms with van der Waals surface area (Å²) in [5.41, 5.74) is 0.843. The number of anilines is 2. The molecule has 1 aliphatic rings. The third kappa shape index (κ3) is 6.06. The van der Waals surface area contributed by atoms with Crippen LogP contribution in [0.25, 0.3) is 0 Å². The number of hydrogen-bond acceptors (Lipinski definition) is 6. The molecular weight excluding hydrogens is 457 g/mol. The molecule has 2 N–H and O–H groups in total. The van der Waals surface area contributed by atoms with Gasteiger partial charge in [0.15, 0.2) is 0 Å². The van der Waals surface area contributed by atoms with Crippen molar-refractivity contribution in [3.63, 3.8) is 0 Å². The number of nitrogens with one attached hydrogen (secondary N) is 2. The zero-order chi connectivity index (χ0) is 23.3. The number of ether oxygens (including phenoxy) is 1. The minimum atomic E-state index is -4.04. The number of carbonyl (C=O) groups is 2. The highest BCUT2D eigenvalue weighted by Gasteiger charge is 2.29. The van der Waals surface area contributed by atoms with Gasteiger partial charge in [-0.2, -0.15) is 4.31 Å². The molecule has 1 fully saturated rings. The molecule has 8 nitrogen and oxygen atoms in total. The van der Waals surface area contributed by atoms with E-state index < -0.39 is 26.0 Å². The van der Waals surface area contributed by atoms with Crippen molar-refractivity contribution in [1.82, 2.24) is 4.31 Å². The van der Waals surface area contributed by atoms with Crippen LogP contribution in [0.2, 0.25) is 0 Å². The second kappa shape index (κ2) is 10.4. The van der Waals surface area contributed by atoms with Gasteiger partial charge in [-0.1, -0.05) is 0 Å². The summed E-state index contributed by atoms with van der Waals surface area (Å²) in [4.78, 5) is 24.1. The molecule has 0 aromatic heterocycles. The highest BCUT2D eigenvalue weighted by molar-refractivity contribution is 8.00. The van der Waals surface area contributed by atoms with Crippen molar-refractivity contribution < 1.29 is 27.1 Å². The SMILES string of the molecule is CC(=O)Nc1ccc(SC(C)C(=O)Nc2ccc(F)c(S(=O)(=O)N3CCOCC3)c2)cc1. The van der Waals surface area contributed by atoms with Crippen molar-refractivity contribution in [2.24, 2.45) is 0 Å². The Bertz CT molecular complexity index is 1090. The van der Waals surface area contributed by atoms with Crippen LogP contribution in [0.4, 0.5) is 15.8 Å². The third-order valence-electron chi connectivity index (χ3n) is 4.64. The van der Waals surface area contributed by atoms with Crippen molar-refractivity contribution in [3.05, 3.63) is 48.3 Å². The van der Waals surface area contributed by atoms with Gasteiger partial charge in [-0.3, -0.25) is 9.59 Å². The van der Waals surface area contributed by atoms with Crippen LogP contribution >= 0.6 is 11.8 Å². The zero-order valence-corrected chi connectivity index (χ0v) is 19.3. The molecule has 0 radical (unpaired) electrons. The average Bonchev–Trinajstić information content (AvgIpc) is 2.76. The number of halogens is 1. The lowest BCUT2D eigenvalue weighted by Crippen LogP contribution is -2.40. The van der Waals surface area contributed by atoms with Crippen molar-refractivity contribution in [3.8, 4) is 0 Å². The zero-order valence-electron chi connectivity index (χ0n) is 17.6. The van der Waals surface area contributed by atoms with E-state index in [1.54, 1.807) is 31.2 Å². The molecule has 3 rings (SSSR count). The van der Waals surface area contributed by atoms with E-state index in [0.29, 0.717) is 5.69 Å². The smallest absolute Gasteiger partial charge is 0.246 e. The molecule has 2 amide bonds. The molecule has 1 aliphatic heterocycles. The first-order valence-electron chi connectivity index (χ1n) is 9.89. The molecule has 1 atom stereocenters. The quantitative estimate of drug-likeness (QED) is 0.590. The molecule has 0 aliphatic carbocycles. The maximum atomic E-state index is 14.3. The first kappa shape index (κ1) is 24.2. The van der Waals surface area contributed by atoms with Gasteiger partial charge in [-0.15, -0.1) is 11.8 Å². The summed E-state index contributed by atoms with van der Waals surface area (Å²) in [7, 11) is -4.04. The van der Waals surface area contributed by atoms with Crippen LogP contribution < -0.4 is 10.6 Å². The molecule has 32 heavy (non-hydrogen) atoms. The number of morpholine rings is 1. The van der Waals surface area contributed by atoms with E-state index in [9.17, 15) is 22.4 Å². The monoisotopic (exact) mass is 481 g/mol. The van der Waals surface area contributed by atoms with E-state index in [1.807, 2.05) is 0 Å². The van der Waals surface area contributed by atoms with Crippen LogP contribution in [-0.2, 0) is 24.3 Å². The van der Waals surface area contributed by atoms with Gasteiger partial charge in [0.05, 0.1) is 18.5 Å². The second-order valence-corrected chi connectivity index (χ2v) is 10.4. The molecule has 1 saturated heterocycles. The summed E-state index contributed by atoms with van der Waals surface area (Å²) in [6.45, 7) is 3.91. The van der Waals surface area contributed by atoms with Crippen LogP contribution in [0.3, 0.4) is 0 Å². The Labute approximate surface area is 190 Å². The molecule has 1 unspecified atom stereocenters. The normalized spacial score (nSPS) is 15.7. The lowest BCUT2D eigenvalue weighted by atomic mass is 10.3. The van der Waals surface area contributed by atoms with Crippen LogP contribution in [0.15, 0.2) is 52.3 Å². The first-order chi connectivity index (χ1) is 15.2. The maximum absolute atomic E-state index is 14.3. The molecule has 2 aromatic carbocycles. The van der Waals surface area contributed by atoms with Gasteiger partial charge in [0.2, 0.25) is 21.8 Å². The fourth-order valence-corrected chi connectivity index (χ4v) is 5.39. The number of benzene rings is 2. The number of hydrogen-bond donors (Lipinski definition) is 2.